The summed E-state index contributed by atoms with van der Waals surface area (Å²) < 4.78 is 0. The summed E-state index contributed by atoms with van der Waals surface area (Å²) in [4.78, 5) is 0. The largest absolute Gasteiger partial charge is 0.312 e. The molecule has 0 aromatic rings. The zero-order chi connectivity index (χ0) is 13.4. The summed E-state index contributed by atoms with van der Waals surface area (Å²) in [5.74, 6) is 3.24. The van der Waals surface area contributed by atoms with Gasteiger partial charge in [-0.25, -0.2) is 0 Å². The molecule has 2 fully saturated rings. The quantitative estimate of drug-likeness (QED) is 0.752. The van der Waals surface area contributed by atoms with E-state index in [1.54, 1.807) is 12.8 Å². The molecule has 0 aromatic carbocycles. The van der Waals surface area contributed by atoms with E-state index in [2.05, 4.69) is 39.9 Å². The average Bonchev–Trinajstić information content (AvgIpc) is 2.75. The van der Waals surface area contributed by atoms with Gasteiger partial charge in [0.25, 0.3) is 0 Å². The third kappa shape index (κ3) is 3.98. The maximum absolute atomic E-state index is 3.64. The molecule has 3 atom stereocenters. The first-order valence-electron chi connectivity index (χ1n) is 8.00. The number of hydrogen-bond acceptors (Lipinski definition) is 1. The smallest absolute Gasteiger partial charge is 0.00965 e. The zero-order valence-electron chi connectivity index (χ0n) is 13.2. The van der Waals surface area contributed by atoms with E-state index in [-0.39, 0.29) is 5.54 Å². The molecule has 0 aromatic heterocycles. The van der Waals surface area contributed by atoms with Crippen LogP contribution in [0.3, 0.4) is 0 Å². The van der Waals surface area contributed by atoms with E-state index >= 15 is 0 Å². The second kappa shape index (κ2) is 5.15. The Morgan fingerprint density at radius 1 is 1.00 bits per heavy atom. The Balaban J connectivity index is 1.73. The summed E-state index contributed by atoms with van der Waals surface area (Å²) in [6.45, 7) is 12.9. The van der Waals surface area contributed by atoms with Crippen LogP contribution in [0.2, 0.25) is 0 Å². The molecule has 2 rings (SSSR count). The van der Waals surface area contributed by atoms with Crippen molar-refractivity contribution in [2.75, 3.05) is 6.54 Å². The van der Waals surface area contributed by atoms with Crippen LogP contribution in [0.25, 0.3) is 0 Å². The Morgan fingerprint density at radius 3 is 2.22 bits per heavy atom. The summed E-state index contributed by atoms with van der Waals surface area (Å²) in [6.07, 6.45) is 8.94. The van der Waals surface area contributed by atoms with Crippen LogP contribution < -0.4 is 5.32 Å². The normalized spacial score (nSPS) is 32.2. The highest BCUT2D eigenvalue weighted by Crippen LogP contribution is 2.52. The summed E-state index contributed by atoms with van der Waals surface area (Å²) in [6, 6.07) is 0. The van der Waals surface area contributed by atoms with E-state index in [0.29, 0.717) is 5.41 Å². The van der Waals surface area contributed by atoms with Crippen molar-refractivity contribution in [2.24, 2.45) is 23.2 Å². The van der Waals surface area contributed by atoms with Crippen LogP contribution in [0.15, 0.2) is 0 Å². The van der Waals surface area contributed by atoms with Crippen molar-refractivity contribution in [1.82, 2.24) is 5.32 Å². The molecule has 1 N–H and O–H groups in total. The Kier molecular flexibility index (Phi) is 4.11. The summed E-state index contributed by atoms with van der Waals surface area (Å²) in [5, 5.41) is 3.64. The monoisotopic (exact) mass is 251 g/mol. The highest BCUT2D eigenvalue weighted by molar-refractivity contribution is 4.92. The van der Waals surface area contributed by atoms with Crippen LogP contribution in [0.5, 0.6) is 0 Å². The zero-order valence-corrected chi connectivity index (χ0v) is 13.2. The van der Waals surface area contributed by atoms with Crippen LogP contribution >= 0.6 is 0 Å². The molecule has 106 valence electrons. The fourth-order valence-electron chi connectivity index (χ4n) is 4.21. The first-order valence-corrected chi connectivity index (χ1v) is 8.00. The van der Waals surface area contributed by atoms with Crippen LogP contribution in [-0.2, 0) is 0 Å². The fraction of sp³-hybridized carbons (Fsp3) is 1.00. The lowest BCUT2D eigenvalue weighted by atomic mass is 9.74. The summed E-state index contributed by atoms with van der Waals surface area (Å²) in [7, 11) is 0. The van der Waals surface area contributed by atoms with Crippen molar-refractivity contribution in [1.29, 1.82) is 0 Å². The maximum Gasteiger partial charge on any atom is 0.00965 e. The van der Waals surface area contributed by atoms with Gasteiger partial charge in [-0.05, 0) is 82.6 Å². The third-order valence-electron chi connectivity index (χ3n) is 5.16. The van der Waals surface area contributed by atoms with E-state index in [1.807, 2.05) is 0 Å². The lowest BCUT2D eigenvalue weighted by Crippen LogP contribution is -2.38. The van der Waals surface area contributed by atoms with Crippen LogP contribution in [0, 0.1) is 23.2 Å². The standard InChI is InChI=1S/C17H33N/c1-16(2,3)18-9-8-17(4,5)12-15-11-13-6-7-14(15)10-13/h13-15,18H,6-12H2,1-5H3. The van der Waals surface area contributed by atoms with E-state index in [9.17, 15) is 0 Å². The molecule has 0 spiro atoms. The van der Waals surface area contributed by atoms with Gasteiger partial charge in [0.05, 0.1) is 0 Å². The van der Waals surface area contributed by atoms with Gasteiger partial charge in [0.2, 0.25) is 0 Å². The first-order chi connectivity index (χ1) is 8.25. The van der Waals surface area contributed by atoms with Crippen molar-refractivity contribution in [3.63, 3.8) is 0 Å². The molecule has 0 heterocycles. The summed E-state index contributed by atoms with van der Waals surface area (Å²) in [5.41, 5.74) is 0.788. The van der Waals surface area contributed by atoms with Crippen molar-refractivity contribution in [3.8, 4) is 0 Å². The van der Waals surface area contributed by atoms with Crippen molar-refractivity contribution >= 4 is 0 Å². The van der Waals surface area contributed by atoms with E-state index in [4.69, 9.17) is 0 Å². The lowest BCUT2D eigenvalue weighted by molar-refractivity contribution is 0.191. The Labute approximate surface area is 114 Å². The van der Waals surface area contributed by atoms with Crippen LogP contribution in [0.4, 0.5) is 0 Å². The van der Waals surface area contributed by atoms with E-state index in [0.717, 1.165) is 24.3 Å². The maximum atomic E-state index is 3.64. The van der Waals surface area contributed by atoms with Gasteiger partial charge in [-0.2, -0.15) is 0 Å². The molecular formula is C17H33N. The Bertz CT molecular complexity index is 274. The van der Waals surface area contributed by atoms with Gasteiger partial charge in [0.1, 0.15) is 0 Å². The predicted molar refractivity (Wildman–Crippen MR) is 79.7 cm³/mol. The van der Waals surface area contributed by atoms with Gasteiger partial charge in [-0.3, -0.25) is 0 Å². The van der Waals surface area contributed by atoms with Gasteiger partial charge in [0.15, 0.2) is 0 Å². The van der Waals surface area contributed by atoms with Gasteiger partial charge in [-0.1, -0.05) is 20.3 Å². The SMILES string of the molecule is CC(C)(CCNC(C)(C)C)CC1CC2CCC1C2. The molecule has 3 unspecified atom stereocenters. The second-order valence-electron chi connectivity index (χ2n) is 8.73. The number of fused-ring (bicyclic) bond motifs is 2. The van der Waals surface area contributed by atoms with Gasteiger partial charge in [0, 0.05) is 5.54 Å². The van der Waals surface area contributed by atoms with Gasteiger partial charge < -0.3 is 5.32 Å². The highest BCUT2D eigenvalue weighted by atomic mass is 14.9. The highest BCUT2D eigenvalue weighted by Gasteiger charge is 2.41. The first kappa shape index (κ1) is 14.4. The van der Waals surface area contributed by atoms with Gasteiger partial charge in [-0.15, -0.1) is 0 Å². The van der Waals surface area contributed by atoms with E-state index in [1.165, 1.54) is 25.7 Å². The second-order valence-corrected chi connectivity index (χ2v) is 8.73. The number of rotatable bonds is 5. The van der Waals surface area contributed by atoms with Crippen molar-refractivity contribution in [2.45, 2.75) is 78.7 Å². The Hall–Kier alpha value is -0.0400. The molecule has 2 aliphatic carbocycles. The average molecular weight is 251 g/mol. The minimum absolute atomic E-state index is 0.266. The molecule has 0 aliphatic heterocycles. The van der Waals surface area contributed by atoms with Crippen molar-refractivity contribution < 1.29 is 0 Å². The predicted octanol–water partition coefficient (Wildman–Crippen LogP) is 4.62. The minimum atomic E-state index is 0.266. The molecule has 0 radical (unpaired) electrons. The third-order valence-corrected chi connectivity index (χ3v) is 5.16. The van der Waals surface area contributed by atoms with E-state index < -0.39 is 0 Å². The topological polar surface area (TPSA) is 12.0 Å². The Morgan fingerprint density at radius 2 is 1.72 bits per heavy atom. The molecule has 18 heavy (non-hydrogen) atoms. The van der Waals surface area contributed by atoms with Crippen molar-refractivity contribution in [3.05, 3.63) is 0 Å². The molecule has 1 nitrogen and oxygen atoms in total. The summed E-state index contributed by atoms with van der Waals surface area (Å²) >= 11 is 0. The molecular weight excluding hydrogens is 218 g/mol. The van der Waals surface area contributed by atoms with Crippen LogP contribution in [-0.4, -0.2) is 12.1 Å². The van der Waals surface area contributed by atoms with Crippen LogP contribution in [0.1, 0.15) is 73.1 Å². The molecule has 2 bridgehead atoms. The molecule has 1 heteroatoms. The minimum Gasteiger partial charge on any atom is -0.312 e. The molecule has 2 saturated carbocycles. The number of nitrogens with one attached hydrogen (secondary N) is 1. The molecule has 0 amide bonds. The molecule has 0 saturated heterocycles. The van der Waals surface area contributed by atoms with Gasteiger partial charge >= 0.3 is 0 Å². The number of hydrogen-bond donors (Lipinski definition) is 1. The fourth-order valence-corrected chi connectivity index (χ4v) is 4.21. The molecule has 2 aliphatic rings. The lowest BCUT2D eigenvalue weighted by Gasteiger charge is -2.33.